The molecule has 24 rings (SSSR count). The molecule has 0 atom stereocenters. The smallest absolute Gasteiger partial charge is 0.252 e. The van der Waals surface area contributed by atoms with E-state index in [1.807, 2.05) is 0 Å². The summed E-state index contributed by atoms with van der Waals surface area (Å²) in [5, 5.41) is 0. The van der Waals surface area contributed by atoms with Gasteiger partial charge in [0.2, 0.25) is 0 Å². The molecule has 0 amide bonds. The third kappa shape index (κ3) is 14.2. The highest BCUT2D eigenvalue weighted by Gasteiger charge is 2.51. The van der Waals surface area contributed by atoms with Gasteiger partial charge in [-0.25, -0.2) is 0 Å². The lowest BCUT2D eigenvalue weighted by molar-refractivity contribution is 0.590. The summed E-state index contributed by atoms with van der Waals surface area (Å²) in [5.74, 6) is 0. The summed E-state index contributed by atoms with van der Waals surface area (Å²) in [6.45, 7) is 13.2. The molecule has 0 aliphatic carbocycles. The van der Waals surface area contributed by atoms with Gasteiger partial charge in [-0.15, -0.1) is 0 Å². The fraction of sp³-hybridized carbons (Fsp3) is 0.0625. The molecule has 20 aromatic carbocycles. The Bertz CT molecular complexity index is 7860. The summed E-state index contributed by atoms with van der Waals surface area (Å²) in [6.07, 6.45) is 0. The van der Waals surface area contributed by atoms with E-state index in [9.17, 15) is 0 Å². The second-order valence-electron chi connectivity index (χ2n) is 38.2. The molecule has 0 unspecified atom stereocenters. The van der Waals surface area contributed by atoms with Crippen molar-refractivity contribution in [3.05, 3.63) is 496 Å². The van der Waals surface area contributed by atoms with Gasteiger partial charge in [0.05, 0.1) is 45.5 Å². The molecule has 0 fully saturated rings. The predicted octanol–water partition coefficient (Wildman–Crippen LogP) is 31.1. The molecule has 4 aliphatic heterocycles. The molecule has 0 N–H and O–H groups in total. The quantitative estimate of drug-likeness (QED) is 0.0841. The van der Waals surface area contributed by atoms with E-state index in [0.29, 0.717) is 0 Å². The summed E-state index contributed by atoms with van der Waals surface area (Å²) in [7, 11) is 0. The van der Waals surface area contributed by atoms with E-state index in [-0.39, 0.29) is 24.3 Å². The maximum absolute atomic E-state index is 2.77. The maximum atomic E-state index is 2.77. The van der Waals surface area contributed by atoms with Crippen LogP contribution < -0.4 is 62.2 Å². The standard InChI is InChI=1S/C128H98B2N6/c1-127(2,3)94-77-73-92(74-78-94)105-62-42-63-106(93-75-79-95(80-76-93)128(4,5)6)126(105)136-119-86-118-109(85-110(119)130-108-65-34-41-72-117(108)134(114-69-38-31-60-103(114)90-49-20-10-21-50-90)121-82-99(84-123(136)125(121)130)132(97-55-26-13-27-56-97)112-67-36-29-58-101(112)88-45-16-8-17-46-88)129-107-64-33-40-71-116(107)133(113-68-37-30-59-102(113)89-47-18-9-19-48-89)120-81-98(83-122(124(120)129)135(118)115-70-39-32-61-104(115)91-51-22-11-23-52-91)131(96-53-24-12-25-54-96)111-66-35-28-57-100(111)87-43-14-7-15-44-87/h7-86H,1-6H3. The normalized spacial score (nSPS) is 12.7. The lowest BCUT2D eigenvalue weighted by atomic mass is 9.30. The van der Waals surface area contributed by atoms with Gasteiger partial charge in [-0.05, 0) is 191 Å². The molecule has 0 bridgehead atoms. The van der Waals surface area contributed by atoms with Crippen LogP contribution in [-0.2, 0) is 10.8 Å². The molecule has 646 valence electrons. The zero-order valence-electron chi connectivity index (χ0n) is 77.0. The number of hydrogen-bond donors (Lipinski definition) is 0. The Kier molecular flexibility index (Phi) is 20.5. The first kappa shape index (κ1) is 82.5. The molecule has 136 heavy (non-hydrogen) atoms. The van der Waals surface area contributed by atoms with Crippen molar-refractivity contribution in [1.82, 2.24) is 0 Å². The largest absolute Gasteiger partial charge is 0.311 e. The van der Waals surface area contributed by atoms with Gasteiger partial charge in [0.15, 0.2) is 0 Å². The zero-order valence-corrected chi connectivity index (χ0v) is 77.0. The van der Waals surface area contributed by atoms with Crippen molar-refractivity contribution in [2.45, 2.75) is 52.4 Å². The van der Waals surface area contributed by atoms with Crippen LogP contribution in [0.1, 0.15) is 52.7 Å². The minimum atomic E-state index is -0.382. The van der Waals surface area contributed by atoms with Gasteiger partial charge in [0, 0.05) is 95.8 Å². The molecule has 0 aromatic heterocycles. The maximum Gasteiger partial charge on any atom is 0.252 e. The highest BCUT2D eigenvalue weighted by molar-refractivity contribution is 7.03. The Balaban J connectivity index is 0.886. The summed E-state index contributed by atoms with van der Waals surface area (Å²) in [6, 6.07) is 183. The van der Waals surface area contributed by atoms with Crippen molar-refractivity contribution in [2.24, 2.45) is 0 Å². The molecular formula is C128H98B2N6. The molecular weight excluding hydrogens is 1640 g/mol. The molecule has 4 aliphatic rings. The summed E-state index contributed by atoms with van der Waals surface area (Å²) in [5.41, 5.74) is 43.9. The predicted molar refractivity (Wildman–Crippen MR) is 579 cm³/mol. The molecule has 0 spiro atoms. The minimum absolute atomic E-state index is 0.121. The monoisotopic (exact) mass is 1740 g/mol. The summed E-state index contributed by atoms with van der Waals surface area (Å²) in [4.78, 5) is 15.8. The van der Waals surface area contributed by atoms with E-state index in [0.717, 1.165) is 180 Å². The van der Waals surface area contributed by atoms with Crippen LogP contribution in [-0.4, -0.2) is 13.4 Å². The SMILES string of the molecule is CC(C)(C)c1ccc(-c2cccc(-c3ccc(C(C)(C)C)cc3)c2N2c3cc4c(cc3B3c5ccccc5N(c5ccccc5-c5ccccc5)c5cc(N(c6ccccc6)c6ccccc6-c6ccccc6)cc2c53)B2c3ccccc3N(c3ccccc3-c3ccccc3)c3cc(N(c5ccccc5)c5ccccc5-c5ccccc5)cc(c32)N4c2ccccc2-c2ccccc2)cc1. The number of nitrogens with zero attached hydrogens (tertiary/aromatic N) is 6. The topological polar surface area (TPSA) is 19.4 Å². The highest BCUT2D eigenvalue weighted by atomic mass is 15.2. The first-order valence-corrected chi connectivity index (χ1v) is 47.5. The molecule has 0 saturated carbocycles. The van der Waals surface area contributed by atoms with E-state index < -0.39 is 0 Å². The van der Waals surface area contributed by atoms with Crippen LogP contribution in [0.4, 0.5) is 102 Å². The van der Waals surface area contributed by atoms with Crippen LogP contribution in [0.25, 0.3) is 77.9 Å². The average Bonchev–Trinajstić information content (AvgIpc) is 0.680. The van der Waals surface area contributed by atoms with Crippen molar-refractivity contribution < 1.29 is 0 Å². The first-order valence-electron chi connectivity index (χ1n) is 47.5. The van der Waals surface area contributed by atoms with Crippen LogP contribution in [0.15, 0.2) is 485 Å². The van der Waals surface area contributed by atoms with Crippen LogP contribution >= 0.6 is 0 Å². The molecule has 4 heterocycles. The Labute approximate surface area is 799 Å². The van der Waals surface area contributed by atoms with Gasteiger partial charge >= 0.3 is 0 Å². The van der Waals surface area contributed by atoms with Crippen molar-refractivity contribution in [2.75, 3.05) is 29.4 Å². The Morgan fingerprint density at radius 3 is 0.779 bits per heavy atom. The second-order valence-corrected chi connectivity index (χ2v) is 38.2. The molecule has 0 saturated heterocycles. The summed E-state index contributed by atoms with van der Waals surface area (Å²) >= 11 is 0. The van der Waals surface area contributed by atoms with E-state index in [1.54, 1.807) is 0 Å². The first-order chi connectivity index (χ1) is 66.8. The van der Waals surface area contributed by atoms with Crippen LogP contribution in [0.5, 0.6) is 0 Å². The van der Waals surface area contributed by atoms with Crippen LogP contribution in [0.2, 0.25) is 0 Å². The van der Waals surface area contributed by atoms with Crippen molar-refractivity contribution >= 4 is 149 Å². The second kappa shape index (κ2) is 33.9. The van der Waals surface area contributed by atoms with E-state index in [4.69, 9.17) is 0 Å². The average molecular weight is 1740 g/mol. The number of para-hydroxylation sites is 10. The zero-order chi connectivity index (χ0) is 91.3. The molecule has 0 radical (unpaired) electrons. The summed E-state index contributed by atoms with van der Waals surface area (Å²) < 4.78 is 0. The van der Waals surface area contributed by atoms with Gasteiger partial charge in [-0.3, -0.25) is 0 Å². The number of benzene rings is 20. The lowest BCUT2D eigenvalue weighted by Gasteiger charge is -2.48. The van der Waals surface area contributed by atoms with E-state index >= 15 is 0 Å². The molecule has 6 nitrogen and oxygen atoms in total. The minimum Gasteiger partial charge on any atom is -0.311 e. The van der Waals surface area contributed by atoms with E-state index in [2.05, 4.69) is 556 Å². The number of fused-ring (bicyclic) bond motifs is 8. The van der Waals surface area contributed by atoms with Gasteiger partial charge < -0.3 is 29.4 Å². The van der Waals surface area contributed by atoms with Crippen LogP contribution in [0.3, 0.4) is 0 Å². The fourth-order valence-electron chi connectivity index (χ4n) is 21.8. The fourth-order valence-corrected chi connectivity index (χ4v) is 21.8. The lowest BCUT2D eigenvalue weighted by Crippen LogP contribution is -2.65. The van der Waals surface area contributed by atoms with Crippen molar-refractivity contribution in [3.63, 3.8) is 0 Å². The number of rotatable bonds is 17. The van der Waals surface area contributed by atoms with Gasteiger partial charge in [0.25, 0.3) is 13.4 Å². The van der Waals surface area contributed by atoms with Gasteiger partial charge in [0.1, 0.15) is 0 Å². The van der Waals surface area contributed by atoms with Crippen molar-refractivity contribution in [3.8, 4) is 77.9 Å². The Hall–Kier alpha value is -16.7. The Morgan fingerprint density at radius 2 is 0.434 bits per heavy atom. The Morgan fingerprint density at radius 1 is 0.176 bits per heavy atom. The molecule has 8 heteroatoms. The molecule has 20 aromatic rings. The van der Waals surface area contributed by atoms with Crippen LogP contribution in [0, 0.1) is 0 Å². The number of hydrogen-bond acceptors (Lipinski definition) is 6. The van der Waals surface area contributed by atoms with E-state index in [1.165, 1.54) is 43.9 Å². The van der Waals surface area contributed by atoms with Crippen molar-refractivity contribution in [1.29, 1.82) is 0 Å². The third-order valence-corrected chi connectivity index (χ3v) is 28.1. The third-order valence-electron chi connectivity index (χ3n) is 28.1. The highest BCUT2D eigenvalue weighted by Crippen LogP contribution is 2.58. The number of anilines is 18. The van der Waals surface area contributed by atoms with Gasteiger partial charge in [-0.2, -0.15) is 0 Å². The van der Waals surface area contributed by atoms with Gasteiger partial charge in [-0.1, -0.05) is 430 Å².